The largest absolute Gasteiger partial charge is 0.478 e. The van der Waals surface area contributed by atoms with E-state index in [0.717, 1.165) is 12.8 Å². The lowest BCUT2D eigenvalue weighted by molar-refractivity contribution is -0.148. The first-order valence-electron chi connectivity index (χ1n) is 9.68. The van der Waals surface area contributed by atoms with Crippen molar-refractivity contribution in [3.05, 3.63) is 54.1 Å². The number of carboxylic acids is 1. The standard InChI is InChI=1S/C21H24N2O6S/c1-2-29-21(26)15-7-6-12-23(14-15)16-10-11-19(18(13-16)20(24)25)22-30(27,28)17-8-4-3-5-9-17/h3-5,8-11,13,15,22H,2,6-7,12,14H2,1H3,(H,24,25)/t15-/m1/s1. The lowest BCUT2D eigenvalue weighted by Crippen LogP contribution is -2.39. The van der Waals surface area contributed by atoms with Gasteiger partial charge in [-0.1, -0.05) is 18.2 Å². The lowest BCUT2D eigenvalue weighted by atomic mass is 9.97. The molecule has 1 saturated heterocycles. The predicted octanol–water partition coefficient (Wildman–Crippen LogP) is 2.97. The van der Waals surface area contributed by atoms with Crippen molar-refractivity contribution in [3.8, 4) is 0 Å². The Morgan fingerprint density at radius 2 is 1.93 bits per heavy atom. The molecule has 0 saturated carbocycles. The molecular formula is C21H24N2O6S. The smallest absolute Gasteiger partial charge is 0.337 e. The van der Waals surface area contributed by atoms with Gasteiger partial charge in [0, 0.05) is 18.8 Å². The maximum Gasteiger partial charge on any atom is 0.337 e. The minimum atomic E-state index is -3.92. The number of benzene rings is 2. The number of piperidine rings is 1. The number of carboxylic acid groups (broad SMARTS) is 1. The number of anilines is 2. The Labute approximate surface area is 175 Å². The van der Waals surface area contributed by atoms with Crippen LogP contribution >= 0.6 is 0 Å². The minimum Gasteiger partial charge on any atom is -0.478 e. The van der Waals surface area contributed by atoms with Crippen LogP contribution in [-0.2, 0) is 19.6 Å². The second-order valence-electron chi connectivity index (χ2n) is 6.99. The quantitative estimate of drug-likeness (QED) is 0.647. The number of rotatable bonds is 7. The maximum absolute atomic E-state index is 12.6. The molecule has 9 heteroatoms. The van der Waals surface area contributed by atoms with E-state index in [1.807, 2.05) is 4.90 Å². The first-order chi connectivity index (χ1) is 14.3. The van der Waals surface area contributed by atoms with Gasteiger partial charge in [0.25, 0.3) is 10.0 Å². The van der Waals surface area contributed by atoms with E-state index in [4.69, 9.17) is 4.74 Å². The van der Waals surface area contributed by atoms with E-state index >= 15 is 0 Å². The fourth-order valence-electron chi connectivity index (χ4n) is 3.46. The summed E-state index contributed by atoms with van der Waals surface area (Å²) in [6.45, 7) is 3.17. The molecule has 2 aromatic carbocycles. The van der Waals surface area contributed by atoms with Crippen LogP contribution in [0.3, 0.4) is 0 Å². The number of nitrogens with one attached hydrogen (secondary N) is 1. The van der Waals surface area contributed by atoms with Gasteiger partial charge in [-0.05, 0) is 50.1 Å². The third-order valence-electron chi connectivity index (χ3n) is 4.94. The molecule has 0 bridgehead atoms. The number of nitrogens with zero attached hydrogens (tertiary/aromatic N) is 1. The van der Waals surface area contributed by atoms with Crippen molar-refractivity contribution in [2.75, 3.05) is 29.3 Å². The van der Waals surface area contributed by atoms with Crippen LogP contribution in [0.2, 0.25) is 0 Å². The molecule has 0 aliphatic carbocycles. The molecular weight excluding hydrogens is 408 g/mol. The Bertz CT molecular complexity index is 1020. The lowest BCUT2D eigenvalue weighted by Gasteiger charge is -2.33. The summed E-state index contributed by atoms with van der Waals surface area (Å²) in [5.41, 5.74) is 0.434. The van der Waals surface area contributed by atoms with Crippen LogP contribution in [0.5, 0.6) is 0 Å². The fraction of sp³-hybridized carbons (Fsp3) is 0.333. The highest BCUT2D eigenvalue weighted by molar-refractivity contribution is 7.92. The highest BCUT2D eigenvalue weighted by Crippen LogP contribution is 2.29. The van der Waals surface area contributed by atoms with Gasteiger partial charge in [0.2, 0.25) is 0 Å². The first kappa shape index (κ1) is 21.6. The van der Waals surface area contributed by atoms with Crippen molar-refractivity contribution in [1.82, 2.24) is 0 Å². The van der Waals surface area contributed by atoms with E-state index in [1.165, 1.54) is 24.3 Å². The summed E-state index contributed by atoms with van der Waals surface area (Å²) in [6.07, 6.45) is 1.49. The Hall–Kier alpha value is -3.07. The molecule has 0 radical (unpaired) electrons. The number of aromatic carboxylic acids is 1. The van der Waals surface area contributed by atoms with Crippen LogP contribution in [0.4, 0.5) is 11.4 Å². The van der Waals surface area contributed by atoms with Crippen molar-refractivity contribution in [2.24, 2.45) is 5.92 Å². The normalized spacial score (nSPS) is 16.7. The van der Waals surface area contributed by atoms with E-state index in [9.17, 15) is 23.1 Å². The Morgan fingerprint density at radius 1 is 1.20 bits per heavy atom. The van der Waals surface area contributed by atoms with Gasteiger partial charge in [-0.3, -0.25) is 9.52 Å². The molecule has 8 nitrogen and oxygen atoms in total. The highest BCUT2D eigenvalue weighted by Gasteiger charge is 2.28. The second kappa shape index (κ2) is 9.17. The van der Waals surface area contributed by atoms with Gasteiger partial charge in [-0.2, -0.15) is 0 Å². The average Bonchev–Trinajstić information content (AvgIpc) is 2.74. The summed E-state index contributed by atoms with van der Waals surface area (Å²) in [5.74, 6) is -1.78. The van der Waals surface area contributed by atoms with Crippen molar-refractivity contribution in [1.29, 1.82) is 0 Å². The van der Waals surface area contributed by atoms with Crippen LogP contribution in [0.1, 0.15) is 30.1 Å². The van der Waals surface area contributed by atoms with Crippen LogP contribution in [0, 0.1) is 5.92 Å². The van der Waals surface area contributed by atoms with E-state index in [2.05, 4.69) is 4.72 Å². The molecule has 0 amide bonds. The zero-order chi connectivity index (χ0) is 21.7. The van der Waals surface area contributed by atoms with Gasteiger partial charge in [0.05, 0.1) is 28.7 Å². The Morgan fingerprint density at radius 3 is 2.60 bits per heavy atom. The summed E-state index contributed by atoms with van der Waals surface area (Å²) >= 11 is 0. The molecule has 1 heterocycles. The summed E-state index contributed by atoms with van der Waals surface area (Å²) in [5, 5.41) is 9.64. The van der Waals surface area contributed by atoms with Gasteiger partial charge in [-0.25, -0.2) is 13.2 Å². The molecule has 160 valence electrons. The SMILES string of the molecule is CCOC(=O)[C@@H]1CCCN(c2ccc(NS(=O)(=O)c3ccccc3)c(C(=O)O)c2)C1. The van der Waals surface area contributed by atoms with Gasteiger partial charge >= 0.3 is 11.9 Å². The summed E-state index contributed by atoms with van der Waals surface area (Å²) in [4.78, 5) is 25.8. The molecule has 30 heavy (non-hydrogen) atoms. The van der Waals surface area contributed by atoms with Crippen molar-refractivity contribution in [2.45, 2.75) is 24.7 Å². The molecule has 1 atom stereocenters. The number of ether oxygens (including phenoxy) is 1. The molecule has 1 aliphatic rings. The molecule has 3 rings (SSSR count). The van der Waals surface area contributed by atoms with Gasteiger partial charge in [-0.15, -0.1) is 0 Å². The van der Waals surface area contributed by atoms with Gasteiger partial charge in [0.1, 0.15) is 0 Å². The number of sulfonamides is 1. The summed E-state index contributed by atoms with van der Waals surface area (Å²) in [6, 6.07) is 12.3. The van der Waals surface area contributed by atoms with E-state index in [1.54, 1.807) is 31.2 Å². The first-order valence-corrected chi connectivity index (χ1v) is 11.2. The number of hydrogen-bond acceptors (Lipinski definition) is 6. The third kappa shape index (κ3) is 4.91. The minimum absolute atomic E-state index is 0.0194. The monoisotopic (exact) mass is 432 g/mol. The molecule has 0 aromatic heterocycles. The van der Waals surface area contributed by atoms with Gasteiger partial charge in [0.15, 0.2) is 0 Å². The van der Waals surface area contributed by atoms with Crippen LogP contribution in [0.15, 0.2) is 53.4 Å². The number of esters is 1. The van der Waals surface area contributed by atoms with E-state index in [-0.39, 0.29) is 28.0 Å². The molecule has 2 aromatic rings. The topological polar surface area (TPSA) is 113 Å². The number of hydrogen-bond donors (Lipinski definition) is 2. The fourth-order valence-corrected chi connectivity index (χ4v) is 4.56. The molecule has 2 N–H and O–H groups in total. The summed E-state index contributed by atoms with van der Waals surface area (Å²) in [7, 11) is -3.92. The van der Waals surface area contributed by atoms with Crippen LogP contribution in [-0.4, -0.2) is 45.2 Å². The predicted molar refractivity (Wildman–Crippen MR) is 112 cm³/mol. The van der Waals surface area contributed by atoms with E-state index in [0.29, 0.717) is 25.4 Å². The highest BCUT2D eigenvalue weighted by atomic mass is 32.2. The van der Waals surface area contributed by atoms with Crippen molar-refractivity contribution >= 4 is 33.3 Å². The van der Waals surface area contributed by atoms with E-state index < -0.39 is 16.0 Å². The molecule has 0 unspecified atom stereocenters. The third-order valence-corrected chi connectivity index (χ3v) is 6.32. The second-order valence-corrected chi connectivity index (χ2v) is 8.67. The molecule has 1 fully saturated rings. The average molecular weight is 432 g/mol. The van der Waals surface area contributed by atoms with Gasteiger partial charge < -0.3 is 14.7 Å². The number of carbonyl (C=O) groups is 2. The Kier molecular flexibility index (Phi) is 6.61. The zero-order valence-corrected chi connectivity index (χ0v) is 17.4. The van der Waals surface area contributed by atoms with Crippen LogP contribution in [0.25, 0.3) is 0 Å². The van der Waals surface area contributed by atoms with Crippen molar-refractivity contribution < 1.29 is 27.9 Å². The van der Waals surface area contributed by atoms with Crippen LogP contribution < -0.4 is 9.62 Å². The Balaban J connectivity index is 1.85. The molecule has 1 aliphatic heterocycles. The summed E-state index contributed by atoms with van der Waals surface area (Å²) < 4.78 is 32.6. The molecule has 0 spiro atoms. The zero-order valence-electron chi connectivity index (χ0n) is 16.6. The number of carbonyl (C=O) groups excluding carboxylic acids is 1. The van der Waals surface area contributed by atoms with Crippen molar-refractivity contribution in [3.63, 3.8) is 0 Å². The maximum atomic E-state index is 12.6.